The lowest BCUT2D eigenvalue weighted by Gasteiger charge is -2.09. The minimum absolute atomic E-state index is 0.126. The Kier molecular flexibility index (Phi) is 6.47. The van der Waals surface area contributed by atoms with Crippen molar-refractivity contribution < 1.29 is 14.3 Å². The molecule has 1 N–H and O–H groups in total. The summed E-state index contributed by atoms with van der Waals surface area (Å²) in [4.78, 5) is 12.4. The third-order valence-electron chi connectivity index (χ3n) is 4.21. The number of carbonyl (C=O) groups is 1. The van der Waals surface area contributed by atoms with Crippen LogP contribution in [0.4, 0.5) is 0 Å². The number of methoxy groups -OCH3 is 1. The lowest BCUT2D eigenvalue weighted by atomic mass is 10.1. The zero-order valence-corrected chi connectivity index (χ0v) is 15.4. The molecule has 3 aromatic carbocycles. The molecule has 0 aliphatic carbocycles. The molecule has 138 valence electrons. The van der Waals surface area contributed by atoms with Crippen LogP contribution in [0.25, 0.3) is 0 Å². The van der Waals surface area contributed by atoms with E-state index >= 15 is 0 Å². The van der Waals surface area contributed by atoms with Crippen molar-refractivity contribution in [3.05, 3.63) is 95.6 Å². The second-order valence-corrected chi connectivity index (χ2v) is 6.14. The Morgan fingerprint density at radius 2 is 1.63 bits per heavy atom. The summed E-state index contributed by atoms with van der Waals surface area (Å²) < 4.78 is 10.9. The molecule has 0 saturated carbocycles. The van der Waals surface area contributed by atoms with Crippen LogP contribution in [0.2, 0.25) is 0 Å². The van der Waals surface area contributed by atoms with Crippen molar-refractivity contribution in [2.75, 3.05) is 13.7 Å². The Morgan fingerprint density at radius 3 is 2.37 bits per heavy atom. The lowest BCUT2D eigenvalue weighted by molar-refractivity contribution is 0.0950. The maximum Gasteiger partial charge on any atom is 0.251 e. The van der Waals surface area contributed by atoms with E-state index in [4.69, 9.17) is 9.47 Å². The highest BCUT2D eigenvalue weighted by atomic mass is 16.5. The summed E-state index contributed by atoms with van der Waals surface area (Å²) in [6.45, 7) is 1.03. The fourth-order valence-electron chi connectivity index (χ4n) is 2.69. The lowest BCUT2D eigenvalue weighted by Crippen LogP contribution is -2.22. The Bertz CT molecular complexity index is 860. The Hall–Kier alpha value is -3.27. The normalized spacial score (nSPS) is 10.3. The number of rotatable bonds is 8. The van der Waals surface area contributed by atoms with Gasteiger partial charge in [0, 0.05) is 18.5 Å². The van der Waals surface area contributed by atoms with Crippen LogP contribution in [0.3, 0.4) is 0 Å². The van der Waals surface area contributed by atoms with Crippen LogP contribution in [-0.4, -0.2) is 19.6 Å². The fourth-order valence-corrected chi connectivity index (χ4v) is 2.69. The van der Waals surface area contributed by atoms with Crippen LogP contribution >= 0.6 is 0 Å². The van der Waals surface area contributed by atoms with Crippen LogP contribution < -0.4 is 14.8 Å². The number of hydrogen-bond donors (Lipinski definition) is 1. The molecule has 0 radical (unpaired) electrons. The van der Waals surface area contributed by atoms with Crippen LogP contribution in [0.1, 0.15) is 21.5 Å². The van der Waals surface area contributed by atoms with Crippen molar-refractivity contribution >= 4 is 5.91 Å². The van der Waals surface area contributed by atoms with E-state index in [2.05, 4.69) is 17.4 Å². The molecule has 0 aliphatic rings. The summed E-state index contributed by atoms with van der Waals surface area (Å²) in [5.74, 6) is 1.37. The monoisotopic (exact) mass is 361 g/mol. The molecule has 0 spiro atoms. The van der Waals surface area contributed by atoms with Crippen LogP contribution in [0.5, 0.6) is 11.5 Å². The summed E-state index contributed by atoms with van der Waals surface area (Å²) in [6.07, 6.45) is 0.828. The molecule has 27 heavy (non-hydrogen) atoms. The van der Waals surface area contributed by atoms with Gasteiger partial charge in [0.1, 0.15) is 11.5 Å². The minimum atomic E-state index is -0.126. The minimum Gasteiger partial charge on any atom is -0.497 e. The average Bonchev–Trinajstić information content (AvgIpc) is 2.73. The fraction of sp³-hybridized carbons (Fsp3) is 0.174. The molecule has 0 unspecified atom stereocenters. The molecule has 0 saturated heterocycles. The second-order valence-electron chi connectivity index (χ2n) is 6.14. The van der Waals surface area contributed by atoms with E-state index in [0.29, 0.717) is 24.5 Å². The van der Waals surface area contributed by atoms with Crippen LogP contribution in [-0.2, 0) is 13.0 Å². The van der Waals surface area contributed by atoms with E-state index in [9.17, 15) is 4.79 Å². The van der Waals surface area contributed by atoms with Crippen molar-refractivity contribution in [2.24, 2.45) is 0 Å². The number of carbonyl (C=O) groups excluding carboxylic acids is 1. The first-order chi connectivity index (χ1) is 13.2. The number of ether oxygens (including phenoxy) is 2. The summed E-state index contributed by atoms with van der Waals surface area (Å²) >= 11 is 0. The molecule has 4 heteroatoms. The van der Waals surface area contributed by atoms with E-state index < -0.39 is 0 Å². The Morgan fingerprint density at radius 1 is 0.852 bits per heavy atom. The molecular weight excluding hydrogens is 338 g/mol. The number of benzene rings is 3. The van der Waals surface area contributed by atoms with Crippen molar-refractivity contribution in [1.29, 1.82) is 0 Å². The zero-order valence-electron chi connectivity index (χ0n) is 15.4. The summed E-state index contributed by atoms with van der Waals surface area (Å²) in [6, 6.07) is 25.1. The van der Waals surface area contributed by atoms with Crippen molar-refractivity contribution in [2.45, 2.75) is 13.0 Å². The average molecular weight is 361 g/mol. The molecule has 4 nitrogen and oxygen atoms in total. The summed E-state index contributed by atoms with van der Waals surface area (Å²) in [5.41, 5.74) is 2.83. The SMILES string of the molecule is COc1ccc(CNC(=O)c2cccc(OCCc3ccccc3)c2)cc1. The molecule has 3 rings (SSSR count). The first-order valence-electron chi connectivity index (χ1n) is 8.92. The van der Waals surface area contributed by atoms with Gasteiger partial charge in [0.05, 0.1) is 13.7 Å². The Balaban J connectivity index is 1.51. The standard InChI is InChI=1S/C23H23NO3/c1-26-21-12-10-19(11-13-21)17-24-23(25)20-8-5-9-22(16-20)27-15-14-18-6-3-2-4-7-18/h2-13,16H,14-15,17H2,1H3,(H,24,25). The van der Waals surface area contributed by atoms with Crippen LogP contribution in [0, 0.1) is 0 Å². The first-order valence-corrected chi connectivity index (χ1v) is 8.92. The van der Waals surface area contributed by atoms with E-state index in [1.165, 1.54) is 5.56 Å². The number of nitrogens with one attached hydrogen (secondary N) is 1. The van der Waals surface area contributed by atoms with Crippen molar-refractivity contribution in [3.8, 4) is 11.5 Å². The van der Waals surface area contributed by atoms with Gasteiger partial charge in [-0.2, -0.15) is 0 Å². The predicted molar refractivity (Wildman–Crippen MR) is 106 cm³/mol. The van der Waals surface area contributed by atoms with E-state index in [-0.39, 0.29) is 5.91 Å². The second kappa shape index (κ2) is 9.43. The van der Waals surface area contributed by atoms with Gasteiger partial charge < -0.3 is 14.8 Å². The van der Waals surface area contributed by atoms with Crippen LogP contribution in [0.15, 0.2) is 78.9 Å². The molecule has 1 amide bonds. The van der Waals surface area contributed by atoms with Gasteiger partial charge >= 0.3 is 0 Å². The maximum absolute atomic E-state index is 12.4. The quantitative estimate of drug-likeness (QED) is 0.653. The smallest absolute Gasteiger partial charge is 0.251 e. The highest BCUT2D eigenvalue weighted by Crippen LogP contribution is 2.15. The Labute approximate surface area is 159 Å². The van der Waals surface area contributed by atoms with Gasteiger partial charge in [-0.3, -0.25) is 4.79 Å². The molecule has 0 heterocycles. The topological polar surface area (TPSA) is 47.6 Å². The third-order valence-corrected chi connectivity index (χ3v) is 4.21. The van der Waals surface area contributed by atoms with Gasteiger partial charge in [0.25, 0.3) is 5.91 Å². The third kappa shape index (κ3) is 5.61. The molecule has 0 atom stereocenters. The van der Waals surface area contributed by atoms with Gasteiger partial charge in [-0.15, -0.1) is 0 Å². The number of hydrogen-bond acceptors (Lipinski definition) is 3. The number of amides is 1. The first kappa shape index (κ1) is 18.5. The molecule has 0 aromatic heterocycles. The molecule has 0 aliphatic heterocycles. The van der Waals surface area contributed by atoms with Gasteiger partial charge in [-0.1, -0.05) is 48.5 Å². The highest BCUT2D eigenvalue weighted by molar-refractivity contribution is 5.94. The summed E-state index contributed by atoms with van der Waals surface area (Å²) in [5, 5.41) is 2.93. The highest BCUT2D eigenvalue weighted by Gasteiger charge is 2.07. The van der Waals surface area contributed by atoms with Gasteiger partial charge in [0.2, 0.25) is 0 Å². The molecule has 0 bridgehead atoms. The largest absolute Gasteiger partial charge is 0.497 e. The van der Waals surface area contributed by atoms with Gasteiger partial charge in [-0.25, -0.2) is 0 Å². The van der Waals surface area contributed by atoms with E-state index in [0.717, 1.165) is 17.7 Å². The molecular formula is C23H23NO3. The summed E-state index contributed by atoms with van der Waals surface area (Å²) in [7, 11) is 1.63. The van der Waals surface area contributed by atoms with Crippen molar-refractivity contribution in [3.63, 3.8) is 0 Å². The van der Waals surface area contributed by atoms with E-state index in [1.54, 1.807) is 19.2 Å². The maximum atomic E-state index is 12.4. The molecule has 3 aromatic rings. The van der Waals surface area contributed by atoms with Gasteiger partial charge in [0.15, 0.2) is 0 Å². The van der Waals surface area contributed by atoms with E-state index in [1.807, 2.05) is 54.6 Å². The van der Waals surface area contributed by atoms with Gasteiger partial charge in [-0.05, 0) is 41.5 Å². The molecule has 0 fully saturated rings. The zero-order chi connectivity index (χ0) is 18.9. The van der Waals surface area contributed by atoms with Crippen molar-refractivity contribution in [1.82, 2.24) is 5.32 Å². The predicted octanol–water partition coefficient (Wildman–Crippen LogP) is 4.25.